The Labute approximate surface area is 223 Å². The molecule has 37 heavy (non-hydrogen) atoms. The molecule has 0 atom stereocenters. The summed E-state index contributed by atoms with van der Waals surface area (Å²) < 4.78 is 29.7. The second-order valence-electron chi connectivity index (χ2n) is 10.5. The van der Waals surface area contributed by atoms with Crippen molar-refractivity contribution >= 4 is 33.1 Å². The van der Waals surface area contributed by atoms with Gasteiger partial charge < -0.3 is 16.4 Å². The first-order chi connectivity index (χ1) is 17.5. The molecule has 0 saturated heterocycles. The summed E-state index contributed by atoms with van der Waals surface area (Å²) in [5, 5.41) is 6.57. The first kappa shape index (κ1) is 27.3. The van der Waals surface area contributed by atoms with Crippen LogP contribution < -0.4 is 21.1 Å². The third kappa shape index (κ3) is 7.38. The Hall–Kier alpha value is -2.79. The zero-order valence-electron chi connectivity index (χ0n) is 21.5. The van der Waals surface area contributed by atoms with Crippen molar-refractivity contribution in [2.45, 2.75) is 75.4 Å². The van der Waals surface area contributed by atoms with Gasteiger partial charge in [0.2, 0.25) is 10.0 Å². The van der Waals surface area contributed by atoms with Crippen molar-refractivity contribution in [3.05, 3.63) is 65.3 Å². The third-order valence-corrected chi connectivity index (χ3v) is 9.17. The van der Waals surface area contributed by atoms with Crippen molar-refractivity contribution in [2.24, 2.45) is 5.73 Å². The van der Waals surface area contributed by atoms with Gasteiger partial charge in [0.15, 0.2) is 0 Å². The van der Waals surface area contributed by atoms with Gasteiger partial charge in [-0.25, -0.2) is 22.9 Å². The lowest BCUT2D eigenvalue weighted by Crippen LogP contribution is -2.40. The highest BCUT2D eigenvalue weighted by Gasteiger charge is 2.28. The summed E-state index contributed by atoms with van der Waals surface area (Å²) in [6.45, 7) is 5.74. The number of thiazole rings is 1. The SMILES string of the molecule is CC(C)(C)NS(=O)(=O)c1cc(NC(=O)NCc2ccccc2)ccc1-c1cnc(C2CCC(N)CC2)s1. The molecule has 1 aliphatic rings. The van der Waals surface area contributed by atoms with Gasteiger partial charge in [-0.1, -0.05) is 36.4 Å². The smallest absolute Gasteiger partial charge is 0.319 e. The predicted octanol–water partition coefficient (Wildman–Crippen LogP) is 5.19. The van der Waals surface area contributed by atoms with Crippen LogP contribution in [0, 0.1) is 0 Å². The molecular formula is C27H35N5O3S2. The Morgan fingerprint density at radius 2 is 1.78 bits per heavy atom. The van der Waals surface area contributed by atoms with E-state index in [1.807, 2.05) is 30.3 Å². The minimum Gasteiger partial charge on any atom is -0.334 e. The molecule has 2 aromatic carbocycles. The van der Waals surface area contributed by atoms with Crippen LogP contribution in [0.3, 0.4) is 0 Å². The minimum atomic E-state index is -3.89. The number of aromatic nitrogens is 1. The fourth-order valence-electron chi connectivity index (χ4n) is 4.40. The number of hydrogen-bond acceptors (Lipinski definition) is 6. The molecule has 10 heteroatoms. The summed E-state index contributed by atoms with van der Waals surface area (Å²) in [5.41, 5.74) is 7.29. The van der Waals surface area contributed by atoms with Crippen molar-refractivity contribution in [3.63, 3.8) is 0 Å². The monoisotopic (exact) mass is 541 g/mol. The number of carbonyl (C=O) groups excluding carboxylic acids is 1. The van der Waals surface area contributed by atoms with E-state index < -0.39 is 21.6 Å². The van der Waals surface area contributed by atoms with Crippen molar-refractivity contribution in [1.82, 2.24) is 15.0 Å². The number of hydrogen-bond donors (Lipinski definition) is 4. The van der Waals surface area contributed by atoms with Crippen LogP contribution in [0.1, 0.15) is 62.9 Å². The first-order valence-corrected chi connectivity index (χ1v) is 14.8. The summed E-state index contributed by atoms with van der Waals surface area (Å²) in [6.07, 6.45) is 5.68. The van der Waals surface area contributed by atoms with Crippen LogP contribution in [0.2, 0.25) is 0 Å². The van der Waals surface area contributed by atoms with Crippen molar-refractivity contribution in [1.29, 1.82) is 0 Å². The zero-order valence-corrected chi connectivity index (χ0v) is 23.1. The van der Waals surface area contributed by atoms with Crippen LogP contribution in [-0.2, 0) is 16.6 Å². The molecule has 5 N–H and O–H groups in total. The molecule has 0 bridgehead atoms. The van der Waals surface area contributed by atoms with Crippen molar-refractivity contribution in [3.8, 4) is 10.4 Å². The van der Waals surface area contributed by atoms with E-state index in [2.05, 4.69) is 20.3 Å². The average molecular weight is 542 g/mol. The Morgan fingerprint density at radius 1 is 1.08 bits per heavy atom. The van der Waals surface area contributed by atoms with E-state index in [0.29, 0.717) is 23.7 Å². The third-order valence-electron chi connectivity index (χ3n) is 6.18. The molecule has 0 spiro atoms. The maximum absolute atomic E-state index is 13.5. The molecule has 3 aromatic rings. The molecule has 2 amide bonds. The lowest BCUT2D eigenvalue weighted by molar-refractivity contribution is 0.251. The number of sulfonamides is 1. The number of anilines is 1. The van der Waals surface area contributed by atoms with Gasteiger partial charge in [0, 0.05) is 41.5 Å². The molecule has 4 rings (SSSR count). The Bertz CT molecular complexity index is 1330. The van der Waals surface area contributed by atoms with E-state index >= 15 is 0 Å². The van der Waals surface area contributed by atoms with E-state index in [0.717, 1.165) is 41.1 Å². The fourth-order valence-corrected chi connectivity index (χ4v) is 7.26. The van der Waals surface area contributed by atoms with Gasteiger partial charge in [0.1, 0.15) is 0 Å². The molecular weight excluding hydrogens is 506 g/mol. The Kier molecular flexibility index (Phi) is 8.33. The van der Waals surface area contributed by atoms with Crippen LogP contribution in [0.5, 0.6) is 0 Å². The van der Waals surface area contributed by atoms with Gasteiger partial charge in [-0.05, 0) is 64.2 Å². The van der Waals surface area contributed by atoms with Crippen LogP contribution in [0.4, 0.5) is 10.5 Å². The van der Waals surface area contributed by atoms with E-state index in [1.165, 1.54) is 17.4 Å². The summed E-state index contributed by atoms with van der Waals surface area (Å²) in [6, 6.07) is 14.3. The van der Waals surface area contributed by atoms with Gasteiger partial charge in [-0.3, -0.25) is 0 Å². The minimum absolute atomic E-state index is 0.101. The number of carbonyl (C=O) groups is 1. The number of nitrogens with zero attached hydrogens (tertiary/aromatic N) is 1. The fraction of sp³-hybridized carbons (Fsp3) is 0.407. The molecule has 0 unspecified atom stereocenters. The number of urea groups is 1. The van der Waals surface area contributed by atoms with Gasteiger partial charge in [-0.2, -0.15) is 0 Å². The largest absolute Gasteiger partial charge is 0.334 e. The second-order valence-corrected chi connectivity index (χ2v) is 13.2. The number of nitrogens with two attached hydrogens (primary N) is 1. The van der Waals surface area contributed by atoms with E-state index in [-0.39, 0.29) is 10.9 Å². The Balaban J connectivity index is 1.60. The topological polar surface area (TPSA) is 126 Å². The maximum atomic E-state index is 13.5. The highest BCUT2D eigenvalue weighted by Crippen LogP contribution is 2.39. The summed E-state index contributed by atoms with van der Waals surface area (Å²) in [5.74, 6) is 0.348. The summed E-state index contributed by atoms with van der Waals surface area (Å²) in [7, 11) is -3.89. The summed E-state index contributed by atoms with van der Waals surface area (Å²) >= 11 is 1.52. The molecule has 1 aliphatic carbocycles. The summed E-state index contributed by atoms with van der Waals surface area (Å²) in [4.78, 5) is 18.1. The lowest BCUT2D eigenvalue weighted by atomic mass is 9.87. The number of benzene rings is 2. The second kappa shape index (κ2) is 11.3. The van der Waals surface area contributed by atoms with Gasteiger partial charge >= 0.3 is 6.03 Å². The molecule has 1 fully saturated rings. The Morgan fingerprint density at radius 3 is 2.46 bits per heavy atom. The normalized spacial score (nSPS) is 18.4. The van der Waals surface area contributed by atoms with E-state index in [9.17, 15) is 13.2 Å². The van der Waals surface area contributed by atoms with Crippen LogP contribution in [-0.4, -0.2) is 31.0 Å². The molecule has 198 valence electrons. The highest BCUT2D eigenvalue weighted by atomic mass is 32.2. The zero-order chi connectivity index (χ0) is 26.6. The quantitative estimate of drug-likeness (QED) is 0.327. The molecule has 1 saturated carbocycles. The van der Waals surface area contributed by atoms with Crippen LogP contribution >= 0.6 is 11.3 Å². The number of amides is 2. The average Bonchev–Trinajstić information content (AvgIpc) is 3.32. The standard InChI is InChI=1S/C27H35N5O3S2/c1-27(2,3)32-37(34,35)24-15-21(31-26(33)30-16-18-7-5-4-6-8-18)13-14-22(24)23-17-29-25(36-23)19-9-11-20(28)12-10-19/h4-8,13-15,17,19-20,32H,9-12,16,28H2,1-3H3,(H2,30,31,33). The van der Waals surface area contributed by atoms with Crippen LogP contribution in [0.25, 0.3) is 10.4 Å². The molecule has 0 aliphatic heterocycles. The van der Waals surface area contributed by atoms with Gasteiger partial charge in [0.05, 0.1) is 14.8 Å². The molecule has 1 aromatic heterocycles. The molecule has 1 heterocycles. The molecule has 8 nitrogen and oxygen atoms in total. The highest BCUT2D eigenvalue weighted by molar-refractivity contribution is 7.89. The lowest BCUT2D eigenvalue weighted by Gasteiger charge is -2.24. The first-order valence-electron chi connectivity index (χ1n) is 12.5. The van der Waals surface area contributed by atoms with Crippen LogP contribution in [0.15, 0.2) is 59.6 Å². The van der Waals surface area contributed by atoms with E-state index in [4.69, 9.17) is 5.73 Å². The number of rotatable bonds is 7. The number of nitrogens with one attached hydrogen (secondary N) is 3. The van der Waals surface area contributed by atoms with Crippen molar-refractivity contribution in [2.75, 3.05) is 5.32 Å². The maximum Gasteiger partial charge on any atom is 0.319 e. The predicted molar refractivity (Wildman–Crippen MR) is 149 cm³/mol. The molecule has 0 radical (unpaired) electrons. The van der Waals surface area contributed by atoms with E-state index in [1.54, 1.807) is 39.1 Å². The van der Waals surface area contributed by atoms with Gasteiger partial charge in [-0.15, -0.1) is 11.3 Å². The van der Waals surface area contributed by atoms with Crippen molar-refractivity contribution < 1.29 is 13.2 Å². The van der Waals surface area contributed by atoms with Gasteiger partial charge in [0.25, 0.3) is 0 Å².